The highest BCUT2D eigenvalue weighted by atomic mass is 32.1. The van der Waals surface area contributed by atoms with Crippen molar-refractivity contribution < 1.29 is 0 Å². The van der Waals surface area contributed by atoms with E-state index in [1.54, 1.807) is 4.68 Å². The Morgan fingerprint density at radius 2 is 2.19 bits per heavy atom. The first-order valence-electron chi connectivity index (χ1n) is 4.91. The summed E-state index contributed by atoms with van der Waals surface area (Å²) < 4.78 is 7.31. The van der Waals surface area contributed by atoms with Crippen molar-refractivity contribution in [1.82, 2.24) is 14.2 Å². The molecule has 3 aromatic rings. The third kappa shape index (κ3) is 1.37. The van der Waals surface area contributed by atoms with Crippen LogP contribution in [0.4, 0.5) is 5.69 Å². The molecule has 0 spiro atoms. The fourth-order valence-corrected chi connectivity index (χ4v) is 2.39. The molecule has 4 nitrogen and oxygen atoms in total. The predicted molar refractivity (Wildman–Crippen MR) is 65.9 cm³/mol. The fraction of sp³-hybridized carbons (Fsp3) is 0.0909. The van der Waals surface area contributed by atoms with Gasteiger partial charge in [0.15, 0.2) is 5.82 Å². The molecule has 0 atom stereocenters. The summed E-state index contributed by atoms with van der Waals surface area (Å²) >= 11 is 1.46. The van der Waals surface area contributed by atoms with Gasteiger partial charge in [-0.2, -0.15) is 9.47 Å². The van der Waals surface area contributed by atoms with Crippen molar-refractivity contribution in [3.8, 4) is 5.82 Å². The molecule has 2 aromatic heterocycles. The van der Waals surface area contributed by atoms with Crippen LogP contribution in [0, 0.1) is 6.92 Å². The van der Waals surface area contributed by atoms with Crippen molar-refractivity contribution >= 4 is 27.3 Å². The lowest BCUT2D eigenvalue weighted by Gasteiger charge is -1.97. The maximum atomic E-state index is 5.78. The molecule has 0 amide bonds. The highest BCUT2D eigenvalue weighted by molar-refractivity contribution is 7.13. The van der Waals surface area contributed by atoms with Gasteiger partial charge in [-0.15, -0.1) is 0 Å². The normalized spacial score (nSPS) is 11.1. The molecular formula is C11H10N4S. The van der Waals surface area contributed by atoms with Crippen molar-refractivity contribution in [1.29, 1.82) is 0 Å². The Hall–Kier alpha value is -1.88. The molecule has 0 bridgehead atoms. The van der Waals surface area contributed by atoms with Crippen LogP contribution >= 0.6 is 11.5 Å². The van der Waals surface area contributed by atoms with E-state index in [9.17, 15) is 0 Å². The number of anilines is 1. The molecule has 5 heteroatoms. The molecule has 0 aliphatic carbocycles. The molecule has 2 heterocycles. The molecule has 0 aliphatic heterocycles. The summed E-state index contributed by atoms with van der Waals surface area (Å²) in [7, 11) is 0. The molecule has 1 aromatic carbocycles. The minimum absolute atomic E-state index is 0.748. The standard InChI is InChI=1S/C11H10N4S/c1-7-4-5-15(13-7)11-9-6-8(12)2-3-10(9)16-14-11/h2-6H,12H2,1H3. The lowest BCUT2D eigenvalue weighted by Crippen LogP contribution is -1.95. The Morgan fingerprint density at radius 3 is 2.94 bits per heavy atom. The van der Waals surface area contributed by atoms with Gasteiger partial charge in [0.05, 0.1) is 10.4 Å². The van der Waals surface area contributed by atoms with Gasteiger partial charge >= 0.3 is 0 Å². The van der Waals surface area contributed by atoms with Crippen LogP contribution in [0.25, 0.3) is 15.9 Å². The van der Waals surface area contributed by atoms with Crippen LogP contribution in [-0.4, -0.2) is 14.2 Å². The van der Waals surface area contributed by atoms with Gasteiger partial charge in [-0.05, 0) is 42.7 Å². The zero-order valence-corrected chi connectivity index (χ0v) is 9.53. The van der Waals surface area contributed by atoms with E-state index in [1.165, 1.54) is 11.5 Å². The molecule has 16 heavy (non-hydrogen) atoms. The average molecular weight is 230 g/mol. The van der Waals surface area contributed by atoms with Crippen molar-refractivity contribution in [2.45, 2.75) is 6.92 Å². The third-order valence-electron chi connectivity index (χ3n) is 2.41. The van der Waals surface area contributed by atoms with Gasteiger partial charge in [0.2, 0.25) is 0 Å². The summed E-state index contributed by atoms with van der Waals surface area (Å²) in [6, 6.07) is 7.77. The second kappa shape index (κ2) is 3.31. The Bertz CT molecular complexity index is 653. The van der Waals surface area contributed by atoms with Gasteiger partial charge in [-0.3, -0.25) is 0 Å². The maximum Gasteiger partial charge on any atom is 0.174 e. The summed E-state index contributed by atoms with van der Waals surface area (Å²) in [4.78, 5) is 0. The second-order valence-electron chi connectivity index (χ2n) is 3.66. The topological polar surface area (TPSA) is 56.7 Å². The molecule has 3 rings (SSSR count). The lowest BCUT2D eigenvalue weighted by molar-refractivity contribution is 0.851. The number of benzene rings is 1. The van der Waals surface area contributed by atoms with Crippen LogP contribution in [0.5, 0.6) is 0 Å². The van der Waals surface area contributed by atoms with Crippen molar-refractivity contribution in [3.63, 3.8) is 0 Å². The number of nitrogen functional groups attached to an aromatic ring is 1. The smallest absolute Gasteiger partial charge is 0.174 e. The maximum absolute atomic E-state index is 5.78. The second-order valence-corrected chi connectivity index (χ2v) is 4.47. The van der Waals surface area contributed by atoms with Gasteiger partial charge < -0.3 is 5.73 Å². The number of nitrogens with two attached hydrogens (primary N) is 1. The van der Waals surface area contributed by atoms with E-state index in [0.717, 1.165) is 27.3 Å². The van der Waals surface area contributed by atoms with Gasteiger partial charge in [0.1, 0.15) is 0 Å². The Balaban J connectivity index is 2.27. The zero-order chi connectivity index (χ0) is 11.1. The summed E-state index contributed by atoms with van der Waals surface area (Å²) in [5, 5.41) is 5.40. The van der Waals surface area contributed by atoms with E-state index >= 15 is 0 Å². The molecule has 80 valence electrons. The number of hydrogen-bond acceptors (Lipinski definition) is 4. The quantitative estimate of drug-likeness (QED) is 0.653. The van der Waals surface area contributed by atoms with E-state index in [-0.39, 0.29) is 0 Å². The summed E-state index contributed by atoms with van der Waals surface area (Å²) in [5.41, 5.74) is 7.51. The first-order valence-corrected chi connectivity index (χ1v) is 5.69. The van der Waals surface area contributed by atoms with Gasteiger partial charge in [-0.25, -0.2) is 4.68 Å². The Labute approximate surface area is 96.5 Å². The van der Waals surface area contributed by atoms with Gasteiger partial charge in [0, 0.05) is 17.3 Å². The molecule has 0 radical (unpaired) electrons. The zero-order valence-electron chi connectivity index (χ0n) is 8.71. The van der Waals surface area contributed by atoms with Crippen molar-refractivity contribution in [2.75, 3.05) is 5.73 Å². The highest BCUT2D eigenvalue weighted by Crippen LogP contribution is 2.27. The highest BCUT2D eigenvalue weighted by Gasteiger charge is 2.08. The van der Waals surface area contributed by atoms with Gasteiger partial charge in [-0.1, -0.05) is 0 Å². The van der Waals surface area contributed by atoms with Crippen LogP contribution in [0.15, 0.2) is 30.5 Å². The lowest BCUT2D eigenvalue weighted by atomic mass is 10.2. The first kappa shape index (κ1) is 9.35. The van der Waals surface area contributed by atoms with Gasteiger partial charge in [0.25, 0.3) is 0 Å². The summed E-state index contributed by atoms with van der Waals surface area (Å²) in [6.45, 7) is 1.96. The Morgan fingerprint density at radius 1 is 1.31 bits per heavy atom. The molecule has 0 saturated carbocycles. The Kier molecular flexibility index (Phi) is 1.94. The van der Waals surface area contributed by atoms with Crippen LogP contribution in [-0.2, 0) is 0 Å². The van der Waals surface area contributed by atoms with Crippen molar-refractivity contribution in [3.05, 3.63) is 36.2 Å². The summed E-state index contributed by atoms with van der Waals surface area (Å²) in [6.07, 6.45) is 1.91. The van der Waals surface area contributed by atoms with Crippen molar-refractivity contribution in [2.24, 2.45) is 0 Å². The van der Waals surface area contributed by atoms with E-state index in [0.29, 0.717) is 0 Å². The van der Waals surface area contributed by atoms with Crippen LogP contribution in [0.3, 0.4) is 0 Å². The van der Waals surface area contributed by atoms with Crippen LogP contribution < -0.4 is 5.73 Å². The molecule has 2 N–H and O–H groups in total. The average Bonchev–Trinajstić information content (AvgIpc) is 2.83. The molecule has 0 unspecified atom stereocenters. The predicted octanol–water partition coefficient (Wildman–Crippen LogP) is 2.37. The first-order chi connectivity index (χ1) is 7.74. The third-order valence-corrected chi connectivity index (χ3v) is 3.23. The van der Waals surface area contributed by atoms with E-state index in [4.69, 9.17) is 5.73 Å². The molecule has 0 aliphatic rings. The van der Waals surface area contributed by atoms with Crippen LogP contribution in [0.2, 0.25) is 0 Å². The number of hydrogen-bond donors (Lipinski definition) is 1. The minimum atomic E-state index is 0.748. The monoisotopic (exact) mass is 230 g/mol. The van der Waals surface area contributed by atoms with Crippen LogP contribution in [0.1, 0.15) is 5.69 Å². The number of nitrogens with zero attached hydrogens (tertiary/aromatic N) is 3. The number of aryl methyl sites for hydroxylation is 1. The molecule has 0 fully saturated rings. The van der Waals surface area contributed by atoms with E-state index in [2.05, 4.69) is 9.47 Å². The van der Waals surface area contributed by atoms with E-state index in [1.807, 2.05) is 37.4 Å². The fourth-order valence-electron chi connectivity index (χ4n) is 1.64. The largest absolute Gasteiger partial charge is 0.399 e. The number of rotatable bonds is 1. The SMILES string of the molecule is Cc1ccn(-c2nsc3ccc(N)cc23)n1. The number of fused-ring (bicyclic) bond motifs is 1. The molecular weight excluding hydrogens is 220 g/mol. The minimum Gasteiger partial charge on any atom is -0.399 e. The number of aromatic nitrogens is 3. The molecule has 0 saturated heterocycles. The van der Waals surface area contributed by atoms with E-state index < -0.39 is 0 Å². The summed E-state index contributed by atoms with van der Waals surface area (Å²) in [5.74, 6) is 0.848.